The van der Waals surface area contributed by atoms with Gasteiger partial charge in [-0.15, -0.1) is 0 Å². The summed E-state index contributed by atoms with van der Waals surface area (Å²) in [6, 6.07) is 7.32. The fourth-order valence-corrected chi connectivity index (χ4v) is 2.68. The summed E-state index contributed by atoms with van der Waals surface area (Å²) < 4.78 is 15.6. The van der Waals surface area contributed by atoms with Crippen molar-refractivity contribution in [2.45, 2.75) is 25.9 Å². The van der Waals surface area contributed by atoms with Gasteiger partial charge in [0, 0.05) is 6.42 Å². The largest absolute Gasteiger partial charge is 0.486 e. The Kier molecular flexibility index (Phi) is 3.46. The first kappa shape index (κ1) is 14.4. The first-order valence-electron chi connectivity index (χ1n) is 6.33. The van der Waals surface area contributed by atoms with E-state index in [0.29, 0.717) is 5.75 Å². The van der Waals surface area contributed by atoms with E-state index in [0.717, 1.165) is 5.56 Å². The average molecular weight is 278 g/mol. The van der Waals surface area contributed by atoms with Gasteiger partial charge in [0.2, 0.25) is 5.41 Å². The second-order valence-corrected chi connectivity index (χ2v) is 5.29. The smallest absolute Gasteiger partial charge is 0.327 e. The van der Waals surface area contributed by atoms with Gasteiger partial charge in [-0.1, -0.05) is 18.2 Å². The number of hydrogen-bond donors (Lipinski definition) is 0. The number of fused-ring (bicyclic) bond motifs is 1. The first-order valence-corrected chi connectivity index (χ1v) is 6.33. The molecule has 0 N–H and O–H groups in total. The Morgan fingerprint density at radius 2 is 1.65 bits per heavy atom. The zero-order chi connectivity index (χ0) is 15.0. The van der Waals surface area contributed by atoms with Crippen molar-refractivity contribution in [1.29, 1.82) is 0 Å². The zero-order valence-electron chi connectivity index (χ0n) is 12.1. The molecule has 1 aliphatic heterocycles. The summed E-state index contributed by atoms with van der Waals surface area (Å²) in [6.07, 6.45) is 0.190. The van der Waals surface area contributed by atoms with Gasteiger partial charge in [0.25, 0.3) is 0 Å². The minimum Gasteiger partial charge on any atom is -0.486 e. The molecule has 0 radical (unpaired) electrons. The number of benzene rings is 1. The van der Waals surface area contributed by atoms with E-state index in [-0.39, 0.29) is 6.42 Å². The summed E-state index contributed by atoms with van der Waals surface area (Å²) in [6.45, 7) is 3.38. The highest BCUT2D eigenvalue weighted by molar-refractivity contribution is 6.02. The molecule has 2 rings (SSSR count). The Hall–Kier alpha value is -2.04. The number of para-hydroxylation sites is 1. The van der Waals surface area contributed by atoms with E-state index in [1.807, 2.05) is 24.3 Å². The number of hydrogen-bond acceptors (Lipinski definition) is 5. The van der Waals surface area contributed by atoms with Crippen molar-refractivity contribution < 1.29 is 23.8 Å². The van der Waals surface area contributed by atoms with Crippen molar-refractivity contribution in [3.8, 4) is 5.75 Å². The molecule has 5 heteroatoms. The number of methoxy groups -OCH3 is 2. The van der Waals surface area contributed by atoms with Gasteiger partial charge in [0.1, 0.15) is 11.4 Å². The van der Waals surface area contributed by atoms with Gasteiger partial charge >= 0.3 is 11.9 Å². The van der Waals surface area contributed by atoms with Crippen LogP contribution in [0, 0.1) is 5.41 Å². The molecular weight excluding hydrogens is 260 g/mol. The Balaban J connectivity index is 2.62. The van der Waals surface area contributed by atoms with Gasteiger partial charge in [0.15, 0.2) is 0 Å². The van der Waals surface area contributed by atoms with Crippen LogP contribution in [0.1, 0.15) is 19.4 Å². The highest BCUT2D eigenvalue weighted by Gasteiger charge is 2.63. The van der Waals surface area contributed by atoms with E-state index in [1.54, 1.807) is 13.8 Å². The van der Waals surface area contributed by atoms with Gasteiger partial charge in [0.05, 0.1) is 14.2 Å². The molecule has 0 saturated heterocycles. The van der Waals surface area contributed by atoms with E-state index in [9.17, 15) is 9.59 Å². The molecule has 0 aliphatic carbocycles. The van der Waals surface area contributed by atoms with E-state index < -0.39 is 23.0 Å². The number of ether oxygens (including phenoxy) is 3. The monoisotopic (exact) mass is 278 g/mol. The van der Waals surface area contributed by atoms with Crippen molar-refractivity contribution in [2.24, 2.45) is 5.41 Å². The second kappa shape index (κ2) is 4.81. The van der Waals surface area contributed by atoms with Gasteiger partial charge in [-0.2, -0.15) is 0 Å². The molecule has 0 unspecified atom stereocenters. The van der Waals surface area contributed by atoms with Crippen molar-refractivity contribution in [1.82, 2.24) is 0 Å². The molecular formula is C15H18O5. The van der Waals surface area contributed by atoms with E-state index >= 15 is 0 Å². The van der Waals surface area contributed by atoms with Crippen LogP contribution in [0.5, 0.6) is 5.75 Å². The summed E-state index contributed by atoms with van der Waals surface area (Å²) in [5, 5.41) is 0. The molecule has 1 aliphatic rings. The topological polar surface area (TPSA) is 61.8 Å². The SMILES string of the molecule is COC(=O)C1(C(=O)OC)Cc2ccccc2OC1(C)C. The fraction of sp³-hybridized carbons (Fsp3) is 0.467. The van der Waals surface area contributed by atoms with Crippen LogP contribution in [0.15, 0.2) is 24.3 Å². The predicted molar refractivity (Wildman–Crippen MR) is 71.3 cm³/mol. The molecule has 0 fully saturated rings. The van der Waals surface area contributed by atoms with E-state index in [2.05, 4.69) is 0 Å². The summed E-state index contributed by atoms with van der Waals surface area (Å²) in [7, 11) is 2.51. The third kappa shape index (κ3) is 1.85. The zero-order valence-corrected chi connectivity index (χ0v) is 12.1. The second-order valence-electron chi connectivity index (χ2n) is 5.29. The van der Waals surface area contributed by atoms with E-state index in [1.165, 1.54) is 14.2 Å². The van der Waals surface area contributed by atoms with E-state index in [4.69, 9.17) is 14.2 Å². The summed E-state index contributed by atoms with van der Waals surface area (Å²) in [4.78, 5) is 24.6. The Morgan fingerprint density at radius 3 is 2.20 bits per heavy atom. The summed E-state index contributed by atoms with van der Waals surface area (Å²) in [5.41, 5.74) is -1.80. The quantitative estimate of drug-likeness (QED) is 0.609. The molecule has 1 aromatic carbocycles. The van der Waals surface area contributed by atoms with Gasteiger partial charge < -0.3 is 14.2 Å². The molecule has 0 saturated carbocycles. The maximum Gasteiger partial charge on any atom is 0.327 e. The lowest BCUT2D eigenvalue weighted by atomic mass is 9.67. The highest BCUT2D eigenvalue weighted by atomic mass is 16.6. The lowest BCUT2D eigenvalue weighted by molar-refractivity contribution is -0.186. The van der Waals surface area contributed by atoms with Crippen molar-refractivity contribution in [3.63, 3.8) is 0 Å². The van der Waals surface area contributed by atoms with Crippen molar-refractivity contribution in [3.05, 3.63) is 29.8 Å². The van der Waals surface area contributed by atoms with Crippen LogP contribution < -0.4 is 4.74 Å². The number of carbonyl (C=O) groups excluding carboxylic acids is 2. The molecule has 0 aromatic heterocycles. The lowest BCUT2D eigenvalue weighted by Gasteiger charge is -2.45. The molecule has 20 heavy (non-hydrogen) atoms. The molecule has 0 atom stereocenters. The summed E-state index contributed by atoms with van der Waals surface area (Å²) in [5.74, 6) is -0.631. The van der Waals surface area contributed by atoms with Crippen LogP contribution in [-0.4, -0.2) is 31.8 Å². The Morgan fingerprint density at radius 1 is 1.10 bits per heavy atom. The molecule has 0 spiro atoms. The maximum atomic E-state index is 12.3. The third-order valence-corrected chi connectivity index (χ3v) is 3.89. The maximum absolute atomic E-state index is 12.3. The fourth-order valence-electron chi connectivity index (χ4n) is 2.68. The Labute approximate surface area is 117 Å². The molecule has 0 amide bonds. The first-order chi connectivity index (χ1) is 9.39. The molecule has 108 valence electrons. The standard InChI is InChI=1S/C15H18O5/c1-14(2)15(12(16)18-3,13(17)19-4)9-10-7-5-6-8-11(10)20-14/h5-8H,9H2,1-4H3. The van der Waals surface area contributed by atoms with Crippen LogP contribution >= 0.6 is 0 Å². The lowest BCUT2D eigenvalue weighted by Crippen LogP contribution is -2.61. The third-order valence-electron chi connectivity index (χ3n) is 3.89. The van der Waals surface area contributed by atoms with Crippen LogP contribution in [-0.2, 0) is 25.5 Å². The normalized spacial score (nSPS) is 18.4. The molecule has 1 heterocycles. The van der Waals surface area contributed by atoms with Crippen molar-refractivity contribution >= 4 is 11.9 Å². The van der Waals surface area contributed by atoms with Crippen LogP contribution in [0.2, 0.25) is 0 Å². The Bertz CT molecular complexity index is 531. The highest BCUT2D eigenvalue weighted by Crippen LogP contribution is 2.46. The van der Waals surface area contributed by atoms with Crippen LogP contribution in [0.3, 0.4) is 0 Å². The molecule has 0 bridgehead atoms. The number of rotatable bonds is 2. The minimum atomic E-state index is -1.51. The van der Waals surface area contributed by atoms with Crippen molar-refractivity contribution in [2.75, 3.05) is 14.2 Å². The van der Waals surface area contributed by atoms with Gasteiger partial charge in [-0.25, -0.2) is 0 Å². The predicted octanol–water partition coefficient (Wildman–Crippen LogP) is 1.73. The minimum absolute atomic E-state index is 0.190. The molecule has 5 nitrogen and oxygen atoms in total. The van der Waals surface area contributed by atoms with Gasteiger partial charge in [-0.3, -0.25) is 9.59 Å². The number of esters is 2. The van der Waals surface area contributed by atoms with Crippen LogP contribution in [0.4, 0.5) is 0 Å². The van der Waals surface area contributed by atoms with Crippen LogP contribution in [0.25, 0.3) is 0 Å². The average Bonchev–Trinajstić information content (AvgIpc) is 2.43. The molecule has 1 aromatic rings. The number of carbonyl (C=O) groups is 2. The van der Waals surface area contributed by atoms with Gasteiger partial charge in [-0.05, 0) is 25.5 Å². The summed E-state index contributed by atoms with van der Waals surface area (Å²) >= 11 is 0.